The average Bonchev–Trinajstić information content (AvgIpc) is 2.37. The van der Waals surface area contributed by atoms with Crippen molar-refractivity contribution in [3.8, 4) is 11.5 Å². The first kappa shape index (κ1) is 15.3. The van der Waals surface area contributed by atoms with Crippen molar-refractivity contribution >= 4 is 5.97 Å². The molecule has 0 fully saturated rings. The quantitative estimate of drug-likeness (QED) is 0.793. The zero-order valence-electron chi connectivity index (χ0n) is 11.5. The highest BCUT2D eigenvalue weighted by molar-refractivity contribution is 5.92. The van der Waals surface area contributed by atoms with Crippen LogP contribution in [0.2, 0.25) is 0 Å². The number of hydrogen-bond acceptors (Lipinski definition) is 4. The molecule has 1 aromatic rings. The number of carbonyl (C=O) groups is 1. The van der Waals surface area contributed by atoms with Crippen LogP contribution in [0.1, 0.15) is 37.6 Å². The Morgan fingerprint density at radius 1 is 1.32 bits per heavy atom. The van der Waals surface area contributed by atoms with Gasteiger partial charge in [-0.1, -0.05) is 13.0 Å². The van der Waals surface area contributed by atoms with Gasteiger partial charge in [0, 0.05) is 0 Å². The van der Waals surface area contributed by atoms with E-state index >= 15 is 0 Å². The average molecular weight is 268 g/mol. The summed E-state index contributed by atoms with van der Waals surface area (Å²) < 4.78 is 10.8. The molecule has 1 aromatic carbocycles. The molecule has 0 aliphatic carbocycles. The van der Waals surface area contributed by atoms with Crippen LogP contribution in [-0.2, 0) is 0 Å². The zero-order valence-corrected chi connectivity index (χ0v) is 11.5. The number of rotatable bonds is 7. The third kappa shape index (κ3) is 4.13. The Hall–Kier alpha value is -1.75. The van der Waals surface area contributed by atoms with Gasteiger partial charge in [-0.2, -0.15) is 0 Å². The zero-order chi connectivity index (χ0) is 14.5. The fraction of sp³-hybridized carbons (Fsp3) is 0.500. The van der Waals surface area contributed by atoms with Gasteiger partial charge in [-0.15, -0.1) is 0 Å². The summed E-state index contributed by atoms with van der Waals surface area (Å²) in [6.07, 6.45) is 0.506. The molecular weight excluding hydrogens is 248 g/mol. The van der Waals surface area contributed by atoms with Gasteiger partial charge in [-0.3, -0.25) is 0 Å². The Labute approximate surface area is 112 Å². The van der Waals surface area contributed by atoms with Crippen LogP contribution in [0, 0.1) is 0 Å². The van der Waals surface area contributed by atoms with E-state index in [0.717, 1.165) is 0 Å². The van der Waals surface area contributed by atoms with E-state index in [1.807, 2.05) is 6.92 Å². The first-order valence-corrected chi connectivity index (χ1v) is 6.25. The molecule has 1 atom stereocenters. The fourth-order valence-corrected chi connectivity index (χ4v) is 1.43. The summed E-state index contributed by atoms with van der Waals surface area (Å²) in [6.45, 7) is 5.68. The summed E-state index contributed by atoms with van der Waals surface area (Å²) in [6, 6.07) is 4.69. The minimum absolute atomic E-state index is 0.00781. The predicted octanol–water partition coefficient (Wildman–Crippen LogP) is 2.32. The Bertz CT molecular complexity index is 439. The van der Waals surface area contributed by atoms with Crippen molar-refractivity contribution in [1.82, 2.24) is 0 Å². The monoisotopic (exact) mass is 268 g/mol. The molecule has 0 radical (unpaired) electrons. The summed E-state index contributed by atoms with van der Waals surface area (Å²) in [5.41, 5.74) is -0.979. The molecule has 1 rings (SSSR count). The van der Waals surface area contributed by atoms with Crippen molar-refractivity contribution in [2.24, 2.45) is 0 Å². The number of ether oxygens (including phenoxy) is 2. The highest BCUT2D eigenvalue weighted by Gasteiger charge is 2.22. The van der Waals surface area contributed by atoms with E-state index in [2.05, 4.69) is 0 Å². The van der Waals surface area contributed by atoms with Gasteiger partial charge in [-0.05, 0) is 32.4 Å². The lowest BCUT2D eigenvalue weighted by Crippen LogP contribution is -2.31. The van der Waals surface area contributed by atoms with Gasteiger partial charge in [0.2, 0.25) is 0 Å². The minimum atomic E-state index is -1.09. The number of aliphatic hydroxyl groups is 1. The van der Waals surface area contributed by atoms with E-state index in [4.69, 9.17) is 14.6 Å². The van der Waals surface area contributed by atoms with E-state index in [0.29, 0.717) is 18.8 Å². The third-order valence-electron chi connectivity index (χ3n) is 2.80. The third-order valence-corrected chi connectivity index (χ3v) is 2.80. The van der Waals surface area contributed by atoms with E-state index < -0.39 is 11.6 Å². The lowest BCUT2D eigenvalue weighted by molar-refractivity contribution is 0.00701. The molecule has 2 N–H and O–H groups in total. The number of para-hydroxylation sites is 1. The van der Waals surface area contributed by atoms with Gasteiger partial charge in [0.05, 0.1) is 12.2 Å². The van der Waals surface area contributed by atoms with Gasteiger partial charge in [0.15, 0.2) is 11.5 Å². The van der Waals surface area contributed by atoms with Gasteiger partial charge in [-0.25, -0.2) is 4.79 Å². The van der Waals surface area contributed by atoms with Crippen LogP contribution in [0.15, 0.2) is 18.2 Å². The first-order chi connectivity index (χ1) is 8.91. The van der Waals surface area contributed by atoms with Crippen LogP contribution in [-0.4, -0.2) is 35.0 Å². The molecule has 5 nitrogen and oxygen atoms in total. The van der Waals surface area contributed by atoms with Crippen molar-refractivity contribution in [2.45, 2.75) is 32.8 Å². The van der Waals surface area contributed by atoms with Gasteiger partial charge >= 0.3 is 5.97 Å². The molecule has 0 aromatic heterocycles. The van der Waals surface area contributed by atoms with Crippen molar-refractivity contribution in [2.75, 3.05) is 13.2 Å². The summed E-state index contributed by atoms with van der Waals surface area (Å²) >= 11 is 0. The molecule has 0 aliphatic rings. The van der Waals surface area contributed by atoms with Crippen LogP contribution in [0.25, 0.3) is 0 Å². The summed E-state index contributed by atoms with van der Waals surface area (Å²) in [4.78, 5) is 11.2. The highest BCUT2D eigenvalue weighted by atomic mass is 16.5. The van der Waals surface area contributed by atoms with Crippen molar-refractivity contribution < 1.29 is 24.5 Å². The molecule has 106 valence electrons. The maximum absolute atomic E-state index is 11.2. The maximum Gasteiger partial charge on any atom is 0.339 e. The molecule has 5 heteroatoms. The number of carboxylic acid groups (broad SMARTS) is 1. The maximum atomic E-state index is 11.2. The second-order valence-electron chi connectivity index (χ2n) is 4.51. The smallest absolute Gasteiger partial charge is 0.339 e. The van der Waals surface area contributed by atoms with E-state index in [1.165, 1.54) is 6.07 Å². The molecule has 0 saturated carbocycles. The second-order valence-corrected chi connectivity index (χ2v) is 4.51. The molecule has 0 bridgehead atoms. The molecule has 19 heavy (non-hydrogen) atoms. The lowest BCUT2D eigenvalue weighted by Gasteiger charge is -2.23. The van der Waals surface area contributed by atoms with Crippen molar-refractivity contribution in [3.63, 3.8) is 0 Å². The van der Waals surface area contributed by atoms with Crippen molar-refractivity contribution in [3.05, 3.63) is 23.8 Å². The molecule has 0 amide bonds. The fourth-order valence-electron chi connectivity index (χ4n) is 1.43. The summed E-state index contributed by atoms with van der Waals surface area (Å²) in [7, 11) is 0. The molecule has 0 heterocycles. The summed E-state index contributed by atoms with van der Waals surface area (Å²) in [5, 5.41) is 19.1. The van der Waals surface area contributed by atoms with E-state index in [1.54, 1.807) is 26.0 Å². The van der Waals surface area contributed by atoms with Crippen LogP contribution in [0.3, 0.4) is 0 Å². The largest absolute Gasteiger partial charge is 0.490 e. The number of benzene rings is 1. The second kappa shape index (κ2) is 6.43. The van der Waals surface area contributed by atoms with Gasteiger partial charge in [0.25, 0.3) is 0 Å². The van der Waals surface area contributed by atoms with Crippen LogP contribution >= 0.6 is 0 Å². The normalized spacial score (nSPS) is 13.7. The molecule has 1 unspecified atom stereocenters. The Kier molecular flexibility index (Phi) is 5.18. The van der Waals surface area contributed by atoms with E-state index in [-0.39, 0.29) is 17.9 Å². The standard InChI is InChI=1S/C14H20O5/c1-4-14(3,17)9-19-12-10(13(15)16)7-6-8-11(12)18-5-2/h6-8,17H,4-5,9H2,1-3H3,(H,15,16). The molecular formula is C14H20O5. The van der Waals surface area contributed by atoms with Gasteiger partial charge in [0.1, 0.15) is 12.2 Å². The molecule has 0 saturated heterocycles. The Morgan fingerprint density at radius 2 is 2.00 bits per heavy atom. The summed E-state index contributed by atoms with van der Waals surface area (Å²) in [5.74, 6) is -0.562. The molecule has 0 aliphatic heterocycles. The van der Waals surface area contributed by atoms with Crippen LogP contribution in [0.4, 0.5) is 0 Å². The van der Waals surface area contributed by atoms with E-state index in [9.17, 15) is 9.90 Å². The SMILES string of the molecule is CCOc1cccc(C(=O)O)c1OCC(C)(O)CC. The van der Waals surface area contributed by atoms with Gasteiger partial charge < -0.3 is 19.7 Å². The Balaban J connectivity index is 3.04. The Morgan fingerprint density at radius 3 is 2.53 bits per heavy atom. The predicted molar refractivity (Wildman–Crippen MR) is 71.0 cm³/mol. The number of hydrogen-bond donors (Lipinski definition) is 2. The number of aromatic carboxylic acids is 1. The van der Waals surface area contributed by atoms with Crippen molar-refractivity contribution in [1.29, 1.82) is 0 Å². The topological polar surface area (TPSA) is 76.0 Å². The lowest BCUT2D eigenvalue weighted by atomic mass is 10.1. The molecule has 0 spiro atoms. The number of carboxylic acids is 1. The highest BCUT2D eigenvalue weighted by Crippen LogP contribution is 2.32. The van der Waals surface area contributed by atoms with Crippen LogP contribution < -0.4 is 9.47 Å². The first-order valence-electron chi connectivity index (χ1n) is 6.25. The van der Waals surface area contributed by atoms with Crippen LogP contribution in [0.5, 0.6) is 11.5 Å². The minimum Gasteiger partial charge on any atom is -0.490 e.